The molecule has 0 aliphatic carbocycles. The number of hydrogen-bond acceptors (Lipinski definition) is 9. The van der Waals surface area contributed by atoms with Crippen LogP contribution in [0.5, 0.6) is 11.5 Å². The number of hydrogen-bond donors (Lipinski definition) is 2. The second-order valence-electron chi connectivity index (χ2n) is 5.79. The molecule has 13 heteroatoms. The molecule has 0 amide bonds. The van der Waals surface area contributed by atoms with Gasteiger partial charge >= 0.3 is 11.4 Å². The normalized spacial score (nSPS) is 11.7. The maximum Gasteiger partial charge on any atom is 0.417 e. The maximum absolute atomic E-state index is 12.4. The number of nitrogens with one attached hydrogen (secondary N) is 2. The van der Waals surface area contributed by atoms with E-state index in [0.717, 1.165) is 12.3 Å². The van der Waals surface area contributed by atoms with Crippen molar-refractivity contribution >= 4 is 33.0 Å². The molecule has 0 atom stereocenters. The van der Waals surface area contributed by atoms with E-state index in [1.165, 1.54) is 31.4 Å². The minimum absolute atomic E-state index is 0.0547. The number of hydrazone groups is 1. The number of aromatic amines is 1. The fraction of sp³-hybridized carbons (Fsp3) is 0.176. The molecular formula is C17H16N4O8S. The Bertz CT molecular complexity index is 1290. The monoisotopic (exact) mass is 436 g/mol. The van der Waals surface area contributed by atoms with Crippen LogP contribution in [0.15, 0.2) is 49.5 Å². The van der Waals surface area contributed by atoms with Crippen molar-refractivity contribution in [3.05, 3.63) is 56.6 Å². The van der Waals surface area contributed by atoms with Gasteiger partial charge in [0.05, 0.1) is 35.3 Å². The number of benzene rings is 2. The molecule has 0 radical (unpaired) electrons. The predicted octanol–water partition coefficient (Wildman–Crippen LogP) is 1.75. The van der Waals surface area contributed by atoms with Gasteiger partial charge in [0.1, 0.15) is 0 Å². The van der Waals surface area contributed by atoms with Crippen molar-refractivity contribution in [3.63, 3.8) is 0 Å². The van der Waals surface area contributed by atoms with Gasteiger partial charge in [0.15, 0.2) is 11.3 Å². The molecule has 2 aromatic carbocycles. The van der Waals surface area contributed by atoms with Crippen LogP contribution in [-0.2, 0) is 10.0 Å². The lowest BCUT2D eigenvalue weighted by Crippen LogP contribution is -2.18. The topological polar surface area (TPSA) is 166 Å². The Balaban J connectivity index is 1.88. The molecule has 2 N–H and O–H groups in total. The molecule has 12 nitrogen and oxygen atoms in total. The highest BCUT2D eigenvalue weighted by Crippen LogP contribution is 2.37. The SMILES string of the molecule is CCOc1cc(/C=N/NS(=O)(=O)c2ccc3[nH]c(=O)oc3c2)cc([N+](=O)[O-])c1OC. The van der Waals surface area contributed by atoms with Crippen molar-refractivity contribution < 1.29 is 27.2 Å². The number of oxazole rings is 1. The Morgan fingerprint density at radius 2 is 2.10 bits per heavy atom. The van der Waals surface area contributed by atoms with Gasteiger partial charge < -0.3 is 13.9 Å². The fourth-order valence-electron chi connectivity index (χ4n) is 2.60. The second kappa shape index (κ2) is 8.24. The van der Waals surface area contributed by atoms with Crippen LogP contribution in [0.2, 0.25) is 0 Å². The summed E-state index contributed by atoms with van der Waals surface area (Å²) in [4.78, 5) is 26.0. The molecule has 3 rings (SSSR count). The van der Waals surface area contributed by atoms with E-state index in [1.807, 2.05) is 4.83 Å². The van der Waals surface area contributed by atoms with Crippen molar-refractivity contribution in [2.75, 3.05) is 13.7 Å². The molecule has 30 heavy (non-hydrogen) atoms. The van der Waals surface area contributed by atoms with Crippen LogP contribution in [0, 0.1) is 10.1 Å². The lowest BCUT2D eigenvalue weighted by Gasteiger charge is -2.10. The summed E-state index contributed by atoms with van der Waals surface area (Å²) in [7, 11) is -2.81. The molecule has 0 unspecified atom stereocenters. The Hall–Kier alpha value is -3.87. The molecule has 1 aromatic heterocycles. The van der Waals surface area contributed by atoms with Crippen LogP contribution in [0.1, 0.15) is 12.5 Å². The van der Waals surface area contributed by atoms with Crippen molar-refractivity contribution in [1.82, 2.24) is 9.82 Å². The fourth-order valence-corrected chi connectivity index (χ4v) is 3.41. The minimum Gasteiger partial charge on any atom is -0.490 e. The third-order valence-electron chi connectivity index (χ3n) is 3.85. The zero-order valence-electron chi connectivity index (χ0n) is 15.7. The molecule has 0 saturated heterocycles. The van der Waals surface area contributed by atoms with Gasteiger partial charge in [-0.25, -0.2) is 9.63 Å². The van der Waals surface area contributed by atoms with Crippen LogP contribution in [0.3, 0.4) is 0 Å². The summed E-state index contributed by atoms with van der Waals surface area (Å²) in [6, 6.07) is 6.39. The van der Waals surface area contributed by atoms with E-state index in [1.54, 1.807) is 6.92 Å². The van der Waals surface area contributed by atoms with Gasteiger partial charge in [-0.05, 0) is 25.1 Å². The molecular weight excluding hydrogens is 420 g/mol. The quantitative estimate of drug-likeness (QED) is 0.306. The highest BCUT2D eigenvalue weighted by Gasteiger charge is 2.21. The molecule has 0 saturated carbocycles. The Labute approximate surface area is 169 Å². The Morgan fingerprint density at radius 1 is 1.33 bits per heavy atom. The number of fused-ring (bicyclic) bond motifs is 1. The molecule has 0 bridgehead atoms. The Kier molecular flexibility index (Phi) is 5.73. The van der Waals surface area contributed by atoms with Gasteiger partial charge in [-0.2, -0.15) is 13.5 Å². The number of nitro benzene ring substituents is 1. The van der Waals surface area contributed by atoms with E-state index in [2.05, 4.69) is 10.1 Å². The van der Waals surface area contributed by atoms with Crippen LogP contribution < -0.4 is 20.1 Å². The van der Waals surface area contributed by atoms with Crippen LogP contribution >= 0.6 is 0 Å². The summed E-state index contributed by atoms with van der Waals surface area (Å²) >= 11 is 0. The lowest BCUT2D eigenvalue weighted by molar-refractivity contribution is -0.385. The first-order chi connectivity index (χ1) is 14.2. The van der Waals surface area contributed by atoms with Crippen LogP contribution in [0.25, 0.3) is 11.1 Å². The first-order valence-electron chi connectivity index (χ1n) is 8.42. The summed E-state index contributed by atoms with van der Waals surface area (Å²) in [6.45, 7) is 1.93. The lowest BCUT2D eigenvalue weighted by atomic mass is 10.2. The van der Waals surface area contributed by atoms with Gasteiger partial charge in [-0.15, -0.1) is 0 Å². The molecule has 158 valence electrons. The number of aromatic nitrogens is 1. The predicted molar refractivity (Wildman–Crippen MR) is 106 cm³/mol. The highest BCUT2D eigenvalue weighted by molar-refractivity contribution is 7.89. The van der Waals surface area contributed by atoms with E-state index in [4.69, 9.17) is 13.9 Å². The number of ether oxygens (including phenoxy) is 2. The van der Waals surface area contributed by atoms with E-state index in [0.29, 0.717) is 5.52 Å². The molecule has 0 fully saturated rings. The number of nitro groups is 1. The largest absolute Gasteiger partial charge is 0.490 e. The standard InChI is InChI=1S/C17H16N4O8S/c1-3-28-15-7-10(6-13(21(23)24)16(15)27-2)9-18-20-30(25,26)11-4-5-12-14(8-11)29-17(22)19-12/h4-9,20H,3H2,1-2H3,(H,19,22)/b18-9+. The third kappa shape index (κ3) is 4.25. The average Bonchev–Trinajstić information content (AvgIpc) is 3.07. The molecule has 0 aliphatic rings. The molecule has 0 aliphatic heterocycles. The smallest absolute Gasteiger partial charge is 0.417 e. The number of nitrogens with zero attached hydrogens (tertiary/aromatic N) is 2. The number of sulfonamides is 1. The van der Waals surface area contributed by atoms with E-state index in [9.17, 15) is 23.3 Å². The van der Waals surface area contributed by atoms with E-state index < -0.39 is 20.7 Å². The van der Waals surface area contributed by atoms with Crippen molar-refractivity contribution in [1.29, 1.82) is 0 Å². The zero-order chi connectivity index (χ0) is 21.9. The first kappa shape index (κ1) is 20.9. The number of rotatable bonds is 8. The van der Waals surface area contributed by atoms with E-state index in [-0.39, 0.29) is 39.8 Å². The summed E-state index contributed by atoms with van der Waals surface area (Å²) in [6.07, 6.45) is 1.08. The van der Waals surface area contributed by atoms with Crippen molar-refractivity contribution in [3.8, 4) is 11.5 Å². The minimum atomic E-state index is -4.09. The van der Waals surface area contributed by atoms with Crippen LogP contribution in [0.4, 0.5) is 5.69 Å². The number of methoxy groups -OCH3 is 1. The highest BCUT2D eigenvalue weighted by atomic mass is 32.2. The van der Waals surface area contributed by atoms with Crippen molar-refractivity contribution in [2.45, 2.75) is 11.8 Å². The van der Waals surface area contributed by atoms with E-state index >= 15 is 0 Å². The summed E-state index contributed by atoms with van der Waals surface area (Å²) < 4.78 is 40.1. The summed E-state index contributed by atoms with van der Waals surface area (Å²) in [5.41, 5.74) is 0.261. The Morgan fingerprint density at radius 3 is 2.77 bits per heavy atom. The maximum atomic E-state index is 12.4. The van der Waals surface area contributed by atoms with Gasteiger partial charge in [0.2, 0.25) is 5.75 Å². The molecule has 3 aromatic rings. The van der Waals surface area contributed by atoms with Crippen LogP contribution in [-0.4, -0.2) is 38.3 Å². The third-order valence-corrected chi connectivity index (χ3v) is 5.07. The van der Waals surface area contributed by atoms with Gasteiger partial charge in [0, 0.05) is 17.7 Å². The molecule has 0 spiro atoms. The number of H-pyrrole nitrogens is 1. The van der Waals surface area contributed by atoms with Gasteiger partial charge in [-0.3, -0.25) is 15.1 Å². The second-order valence-corrected chi connectivity index (χ2v) is 7.45. The zero-order valence-corrected chi connectivity index (χ0v) is 16.6. The van der Waals surface area contributed by atoms with Crippen molar-refractivity contribution in [2.24, 2.45) is 5.10 Å². The van der Waals surface area contributed by atoms with Gasteiger partial charge in [-0.1, -0.05) is 0 Å². The average molecular weight is 436 g/mol. The molecule has 1 heterocycles. The van der Waals surface area contributed by atoms with Gasteiger partial charge in [0.25, 0.3) is 10.0 Å². The summed E-state index contributed by atoms with van der Waals surface area (Å²) in [5, 5.41) is 14.9. The first-order valence-corrected chi connectivity index (χ1v) is 9.90. The summed E-state index contributed by atoms with van der Waals surface area (Å²) in [5.74, 6) is -0.649.